The molecule has 1 aliphatic rings. The highest BCUT2D eigenvalue weighted by Crippen LogP contribution is 2.23. The number of methoxy groups -OCH3 is 1. The van der Waals surface area contributed by atoms with E-state index in [1.54, 1.807) is 18.1 Å². The number of benzene rings is 1. The minimum atomic E-state index is -0.268. The van der Waals surface area contributed by atoms with Crippen molar-refractivity contribution >= 4 is 5.91 Å². The number of carbonyl (C=O) groups is 1. The van der Waals surface area contributed by atoms with E-state index in [0.29, 0.717) is 17.9 Å². The standard InChI is InChI=1S/C16H17N3O3/c1-22-13-6-2-4-11(8-13)14-9-15(18-17-14)16(21)19-7-3-5-12(19)10-20/h2-6,8-9,12,20H,7,10H2,1H3,(H,17,18)/t12-/m1/s1. The Balaban J connectivity index is 1.83. The van der Waals surface area contributed by atoms with Crippen LogP contribution in [-0.2, 0) is 0 Å². The van der Waals surface area contributed by atoms with Gasteiger partial charge in [0.25, 0.3) is 5.91 Å². The molecule has 0 spiro atoms. The summed E-state index contributed by atoms with van der Waals surface area (Å²) >= 11 is 0. The molecule has 3 rings (SSSR count). The molecular formula is C16H17N3O3. The number of hydrogen-bond donors (Lipinski definition) is 2. The molecule has 1 amide bonds. The van der Waals surface area contributed by atoms with E-state index in [1.165, 1.54) is 0 Å². The third-order valence-electron chi connectivity index (χ3n) is 3.68. The summed E-state index contributed by atoms with van der Waals surface area (Å²) in [5.74, 6) is 0.558. The third kappa shape index (κ3) is 2.60. The van der Waals surface area contributed by atoms with E-state index in [1.807, 2.05) is 36.4 Å². The van der Waals surface area contributed by atoms with Crippen molar-refractivity contribution in [2.24, 2.45) is 0 Å². The van der Waals surface area contributed by atoms with Gasteiger partial charge in [0.2, 0.25) is 0 Å². The lowest BCUT2D eigenvalue weighted by atomic mass is 10.1. The molecule has 2 N–H and O–H groups in total. The predicted molar refractivity (Wildman–Crippen MR) is 81.6 cm³/mol. The van der Waals surface area contributed by atoms with Crippen LogP contribution in [0.2, 0.25) is 0 Å². The van der Waals surface area contributed by atoms with E-state index in [2.05, 4.69) is 10.2 Å². The van der Waals surface area contributed by atoms with Crippen LogP contribution in [0.15, 0.2) is 42.5 Å². The number of amides is 1. The number of aromatic nitrogens is 2. The largest absolute Gasteiger partial charge is 0.497 e. The Hall–Kier alpha value is -2.60. The number of hydrogen-bond acceptors (Lipinski definition) is 4. The lowest BCUT2D eigenvalue weighted by Crippen LogP contribution is -2.38. The Labute approximate surface area is 128 Å². The molecule has 0 radical (unpaired) electrons. The van der Waals surface area contributed by atoms with Gasteiger partial charge in [-0.25, -0.2) is 0 Å². The van der Waals surface area contributed by atoms with Gasteiger partial charge in [-0.3, -0.25) is 9.89 Å². The van der Waals surface area contributed by atoms with Crippen LogP contribution < -0.4 is 4.74 Å². The van der Waals surface area contributed by atoms with E-state index in [-0.39, 0.29) is 18.6 Å². The lowest BCUT2D eigenvalue weighted by Gasteiger charge is -2.21. The van der Waals surface area contributed by atoms with Gasteiger partial charge in [0.1, 0.15) is 11.4 Å². The summed E-state index contributed by atoms with van der Waals surface area (Å²) in [6.07, 6.45) is 3.70. The van der Waals surface area contributed by atoms with Gasteiger partial charge < -0.3 is 14.7 Å². The highest BCUT2D eigenvalue weighted by atomic mass is 16.5. The second-order valence-corrected chi connectivity index (χ2v) is 5.03. The number of aromatic amines is 1. The summed E-state index contributed by atoms with van der Waals surface area (Å²) < 4.78 is 5.19. The van der Waals surface area contributed by atoms with Gasteiger partial charge in [-0.15, -0.1) is 0 Å². The SMILES string of the molecule is COc1cccc(-c2cc(C(=O)N3CC=C[C@@H]3CO)[nH]n2)c1. The summed E-state index contributed by atoms with van der Waals surface area (Å²) in [6, 6.07) is 8.93. The fourth-order valence-electron chi connectivity index (χ4n) is 2.48. The number of nitrogens with one attached hydrogen (secondary N) is 1. The Kier molecular flexibility index (Phi) is 3.93. The van der Waals surface area contributed by atoms with Crippen molar-refractivity contribution < 1.29 is 14.6 Å². The summed E-state index contributed by atoms with van der Waals surface area (Å²) in [5, 5.41) is 16.3. The van der Waals surface area contributed by atoms with Crippen LogP contribution in [0.4, 0.5) is 0 Å². The maximum absolute atomic E-state index is 12.5. The number of rotatable bonds is 4. The molecule has 0 saturated heterocycles. The van der Waals surface area contributed by atoms with Gasteiger partial charge in [0.05, 0.1) is 25.5 Å². The lowest BCUT2D eigenvalue weighted by molar-refractivity contribution is 0.0694. The monoisotopic (exact) mass is 299 g/mol. The Morgan fingerprint density at radius 3 is 3.14 bits per heavy atom. The Bertz CT molecular complexity index is 708. The van der Waals surface area contributed by atoms with Gasteiger partial charge in [0.15, 0.2) is 0 Å². The van der Waals surface area contributed by atoms with E-state index < -0.39 is 0 Å². The van der Waals surface area contributed by atoms with Gasteiger partial charge in [-0.05, 0) is 18.2 Å². The summed E-state index contributed by atoms with van der Waals surface area (Å²) in [6.45, 7) is 0.413. The zero-order valence-electron chi connectivity index (χ0n) is 12.2. The third-order valence-corrected chi connectivity index (χ3v) is 3.68. The molecule has 6 heteroatoms. The van der Waals surface area contributed by atoms with E-state index in [4.69, 9.17) is 4.74 Å². The molecule has 22 heavy (non-hydrogen) atoms. The van der Waals surface area contributed by atoms with Crippen molar-refractivity contribution in [3.8, 4) is 17.0 Å². The van der Waals surface area contributed by atoms with Crippen LogP contribution in [-0.4, -0.2) is 52.4 Å². The molecule has 0 fully saturated rings. The van der Waals surface area contributed by atoms with Crippen molar-refractivity contribution in [1.29, 1.82) is 0 Å². The highest BCUT2D eigenvalue weighted by Gasteiger charge is 2.26. The summed E-state index contributed by atoms with van der Waals surface area (Å²) in [7, 11) is 1.61. The molecular weight excluding hydrogens is 282 g/mol. The fraction of sp³-hybridized carbons (Fsp3) is 0.250. The smallest absolute Gasteiger partial charge is 0.272 e. The van der Waals surface area contributed by atoms with Crippen LogP contribution in [0.3, 0.4) is 0 Å². The normalized spacial score (nSPS) is 17.0. The van der Waals surface area contributed by atoms with Crippen molar-refractivity contribution in [2.75, 3.05) is 20.3 Å². The molecule has 1 aromatic carbocycles. The van der Waals surface area contributed by atoms with Gasteiger partial charge in [-0.2, -0.15) is 5.10 Å². The first kappa shape index (κ1) is 14.3. The molecule has 0 unspecified atom stereocenters. The van der Waals surface area contributed by atoms with E-state index in [9.17, 15) is 9.90 Å². The zero-order chi connectivity index (χ0) is 15.5. The van der Waals surface area contributed by atoms with Crippen LogP contribution in [0.1, 0.15) is 10.5 Å². The molecule has 1 aromatic heterocycles. The van der Waals surface area contributed by atoms with Gasteiger partial charge >= 0.3 is 0 Å². The number of aliphatic hydroxyl groups is 1. The molecule has 6 nitrogen and oxygen atoms in total. The average molecular weight is 299 g/mol. The molecule has 1 atom stereocenters. The molecule has 0 aliphatic carbocycles. The molecule has 2 aromatic rings. The van der Waals surface area contributed by atoms with Crippen LogP contribution in [0.5, 0.6) is 5.75 Å². The van der Waals surface area contributed by atoms with Crippen molar-refractivity contribution in [3.63, 3.8) is 0 Å². The Morgan fingerprint density at radius 2 is 2.36 bits per heavy atom. The number of aliphatic hydroxyl groups excluding tert-OH is 1. The second kappa shape index (κ2) is 6.03. The molecule has 0 saturated carbocycles. The van der Waals surface area contributed by atoms with Crippen molar-refractivity contribution in [2.45, 2.75) is 6.04 Å². The van der Waals surface area contributed by atoms with E-state index >= 15 is 0 Å². The Morgan fingerprint density at radius 1 is 1.50 bits per heavy atom. The number of nitrogens with zero attached hydrogens (tertiary/aromatic N) is 2. The number of H-pyrrole nitrogens is 1. The van der Waals surface area contributed by atoms with Gasteiger partial charge in [0, 0.05) is 12.1 Å². The summed E-state index contributed by atoms with van der Waals surface area (Å²) in [4.78, 5) is 14.1. The first-order valence-corrected chi connectivity index (χ1v) is 7.01. The van der Waals surface area contributed by atoms with Crippen LogP contribution in [0.25, 0.3) is 11.3 Å². The van der Waals surface area contributed by atoms with Crippen molar-refractivity contribution in [3.05, 3.63) is 48.2 Å². The summed E-state index contributed by atoms with van der Waals surface area (Å²) in [5.41, 5.74) is 1.95. The van der Waals surface area contributed by atoms with E-state index in [0.717, 1.165) is 11.3 Å². The van der Waals surface area contributed by atoms with Crippen molar-refractivity contribution in [1.82, 2.24) is 15.1 Å². The molecule has 114 valence electrons. The zero-order valence-corrected chi connectivity index (χ0v) is 12.2. The minimum Gasteiger partial charge on any atom is -0.497 e. The predicted octanol–water partition coefficient (Wildman–Crippen LogP) is 1.46. The maximum Gasteiger partial charge on any atom is 0.272 e. The fourth-order valence-corrected chi connectivity index (χ4v) is 2.48. The molecule has 2 heterocycles. The number of carbonyl (C=O) groups excluding carboxylic acids is 1. The molecule has 1 aliphatic heterocycles. The van der Waals surface area contributed by atoms with Crippen LogP contribution in [0, 0.1) is 0 Å². The van der Waals surface area contributed by atoms with Crippen LogP contribution >= 0.6 is 0 Å². The first-order valence-electron chi connectivity index (χ1n) is 7.01. The maximum atomic E-state index is 12.5. The topological polar surface area (TPSA) is 78.5 Å². The number of ether oxygens (including phenoxy) is 1. The second-order valence-electron chi connectivity index (χ2n) is 5.03. The highest BCUT2D eigenvalue weighted by molar-refractivity contribution is 5.94. The first-order chi connectivity index (χ1) is 10.7. The average Bonchev–Trinajstić information content (AvgIpc) is 3.23. The van der Waals surface area contributed by atoms with Gasteiger partial charge in [-0.1, -0.05) is 24.3 Å². The minimum absolute atomic E-state index is 0.0842. The molecule has 0 bridgehead atoms. The quantitative estimate of drug-likeness (QED) is 0.838.